The van der Waals surface area contributed by atoms with Crippen molar-refractivity contribution in [1.82, 2.24) is 5.32 Å². The van der Waals surface area contributed by atoms with Gasteiger partial charge in [0.25, 0.3) is 5.91 Å². The van der Waals surface area contributed by atoms with E-state index in [1.54, 1.807) is 6.07 Å². The second kappa shape index (κ2) is 3.23. The summed E-state index contributed by atoms with van der Waals surface area (Å²) in [6, 6.07) is 2.08. The smallest absolute Gasteiger partial charge is 0.261 e. The zero-order valence-corrected chi connectivity index (χ0v) is 10.1. The topological polar surface area (TPSA) is 55.1 Å². The summed E-state index contributed by atoms with van der Waals surface area (Å²) in [6.07, 6.45) is 1.07. The van der Waals surface area contributed by atoms with E-state index in [4.69, 9.17) is 5.73 Å². The highest BCUT2D eigenvalue weighted by molar-refractivity contribution is 7.14. The van der Waals surface area contributed by atoms with Crippen LogP contribution in [0.3, 0.4) is 0 Å². The van der Waals surface area contributed by atoms with Gasteiger partial charge in [-0.1, -0.05) is 13.8 Å². The molecule has 1 aromatic rings. The molecule has 0 spiro atoms. The van der Waals surface area contributed by atoms with Gasteiger partial charge in [0, 0.05) is 16.6 Å². The Kier molecular flexibility index (Phi) is 2.26. The van der Waals surface area contributed by atoms with Crippen LogP contribution in [-0.4, -0.2) is 11.9 Å². The molecule has 0 aliphatic heterocycles. The fourth-order valence-corrected chi connectivity index (χ4v) is 2.40. The van der Waals surface area contributed by atoms with Gasteiger partial charge in [0.15, 0.2) is 0 Å². The van der Waals surface area contributed by atoms with Crippen LogP contribution in [0.2, 0.25) is 0 Å². The first kappa shape index (κ1) is 10.5. The molecule has 1 unspecified atom stereocenters. The van der Waals surface area contributed by atoms with Gasteiger partial charge in [0.1, 0.15) is 0 Å². The number of carbonyl (C=O) groups excluding carboxylic acids is 1. The molecule has 1 aliphatic rings. The van der Waals surface area contributed by atoms with Crippen LogP contribution in [0, 0.1) is 12.3 Å². The SMILES string of the molecule is Cc1sc(C(=O)NC2CC2(C)C)cc1N. The molecule has 0 aromatic carbocycles. The molecule has 2 rings (SSSR count). The van der Waals surface area contributed by atoms with Crippen molar-refractivity contribution < 1.29 is 4.79 Å². The van der Waals surface area contributed by atoms with E-state index >= 15 is 0 Å². The second-order valence-corrected chi connectivity index (χ2v) is 6.10. The lowest BCUT2D eigenvalue weighted by atomic mass is 10.2. The Balaban J connectivity index is 2.03. The van der Waals surface area contributed by atoms with Crippen molar-refractivity contribution in [1.29, 1.82) is 0 Å². The Morgan fingerprint density at radius 3 is 2.67 bits per heavy atom. The highest BCUT2D eigenvalue weighted by Crippen LogP contribution is 2.44. The Morgan fingerprint density at radius 2 is 2.27 bits per heavy atom. The molecule has 1 heterocycles. The zero-order chi connectivity index (χ0) is 11.2. The highest BCUT2D eigenvalue weighted by Gasteiger charge is 2.46. The van der Waals surface area contributed by atoms with Crippen molar-refractivity contribution in [3.05, 3.63) is 15.8 Å². The molecular weight excluding hydrogens is 208 g/mol. The Hall–Kier alpha value is -1.03. The average molecular weight is 224 g/mol. The van der Waals surface area contributed by atoms with E-state index in [9.17, 15) is 4.79 Å². The molecule has 1 aromatic heterocycles. The molecule has 82 valence electrons. The third-order valence-corrected chi connectivity index (χ3v) is 4.06. The number of aryl methyl sites for hydroxylation is 1. The molecule has 0 radical (unpaired) electrons. The van der Waals surface area contributed by atoms with Gasteiger partial charge in [-0.25, -0.2) is 0 Å². The largest absolute Gasteiger partial charge is 0.398 e. The summed E-state index contributed by atoms with van der Waals surface area (Å²) < 4.78 is 0. The lowest BCUT2D eigenvalue weighted by Crippen LogP contribution is -2.27. The van der Waals surface area contributed by atoms with Gasteiger partial charge in [-0.3, -0.25) is 4.79 Å². The maximum atomic E-state index is 11.8. The lowest BCUT2D eigenvalue weighted by molar-refractivity contribution is 0.0950. The number of amides is 1. The van der Waals surface area contributed by atoms with Crippen LogP contribution >= 0.6 is 11.3 Å². The number of hydrogen-bond acceptors (Lipinski definition) is 3. The van der Waals surface area contributed by atoms with Gasteiger partial charge in [0.2, 0.25) is 0 Å². The molecule has 1 aliphatic carbocycles. The minimum absolute atomic E-state index is 0.00961. The monoisotopic (exact) mass is 224 g/mol. The highest BCUT2D eigenvalue weighted by atomic mass is 32.1. The lowest BCUT2D eigenvalue weighted by Gasteiger charge is -2.04. The van der Waals surface area contributed by atoms with Crippen LogP contribution in [0.1, 0.15) is 34.8 Å². The standard InChI is InChI=1S/C11H16N2OS/c1-6-7(12)4-8(15-6)10(14)13-9-5-11(9,2)3/h4,9H,5,12H2,1-3H3,(H,13,14). The molecule has 4 heteroatoms. The number of thiophene rings is 1. The molecule has 1 fully saturated rings. The summed E-state index contributed by atoms with van der Waals surface area (Å²) in [5.41, 5.74) is 6.69. The average Bonchev–Trinajstić information content (AvgIpc) is 2.55. The molecule has 3 nitrogen and oxygen atoms in total. The molecule has 1 atom stereocenters. The number of nitrogens with one attached hydrogen (secondary N) is 1. The van der Waals surface area contributed by atoms with Crippen molar-refractivity contribution in [3.63, 3.8) is 0 Å². The van der Waals surface area contributed by atoms with Gasteiger partial charge in [0.05, 0.1) is 4.88 Å². The van der Waals surface area contributed by atoms with Crippen LogP contribution in [0.15, 0.2) is 6.07 Å². The van der Waals surface area contributed by atoms with Crippen molar-refractivity contribution in [2.45, 2.75) is 33.2 Å². The fraction of sp³-hybridized carbons (Fsp3) is 0.545. The summed E-state index contributed by atoms with van der Waals surface area (Å²) in [6.45, 7) is 6.25. The van der Waals surface area contributed by atoms with Crippen LogP contribution in [-0.2, 0) is 0 Å². The van der Waals surface area contributed by atoms with E-state index in [0.717, 1.165) is 11.3 Å². The molecule has 15 heavy (non-hydrogen) atoms. The predicted octanol–water partition coefficient (Wildman–Crippen LogP) is 2.17. The summed E-state index contributed by atoms with van der Waals surface area (Å²) in [5.74, 6) is 0.00961. The zero-order valence-electron chi connectivity index (χ0n) is 9.26. The van der Waals surface area contributed by atoms with Crippen molar-refractivity contribution >= 4 is 22.9 Å². The van der Waals surface area contributed by atoms with Crippen LogP contribution in [0.25, 0.3) is 0 Å². The molecule has 0 saturated heterocycles. The molecule has 3 N–H and O–H groups in total. The van der Waals surface area contributed by atoms with E-state index in [1.807, 2.05) is 6.92 Å². The molecule has 0 bridgehead atoms. The van der Waals surface area contributed by atoms with Crippen molar-refractivity contribution in [3.8, 4) is 0 Å². The van der Waals surface area contributed by atoms with E-state index in [0.29, 0.717) is 16.6 Å². The van der Waals surface area contributed by atoms with Gasteiger partial charge >= 0.3 is 0 Å². The maximum Gasteiger partial charge on any atom is 0.261 e. The van der Waals surface area contributed by atoms with Crippen molar-refractivity contribution in [2.75, 3.05) is 5.73 Å². The maximum absolute atomic E-state index is 11.8. The van der Waals surface area contributed by atoms with E-state index < -0.39 is 0 Å². The Morgan fingerprint density at radius 1 is 1.67 bits per heavy atom. The second-order valence-electron chi connectivity index (χ2n) is 4.84. The summed E-state index contributed by atoms with van der Waals surface area (Å²) >= 11 is 1.46. The van der Waals surface area contributed by atoms with Crippen LogP contribution < -0.4 is 11.1 Å². The van der Waals surface area contributed by atoms with Gasteiger partial charge in [-0.05, 0) is 24.8 Å². The third kappa shape index (κ3) is 2.00. The van der Waals surface area contributed by atoms with Gasteiger partial charge in [-0.2, -0.15) is 0 Å². The third-order valence-electron chi connectivity index (χ3n) is 3.00. The number of rotatable bonds is 2. The normalized spacial score (nSPS) is 22.5. The minimum atomic E-state index is 0.00961. The first-order valence-electron chi connectivity index (χ1n) is 5.07. The Labute approximate surface area is 93.7 Å². The van der Waals surface area contributed by atoms with Gasteiger partial charge in [-0.15, -0.1) is 11.3 Å². The number of anilines is 1. The Bertz CT molecular complexity index is 389. The van der Waals surface area contributed by atoms with Crippen LogP contribution in [0.5, 0.6) is 0 Å². The van der Waals surface area contributed by atoms with E-state index in [1.165, 1.54) is 11.3 Å². The van der Waals surface area contributed by atoms with Gasteiger partial charge < -0.3 is 11.1 Å². The van der Waals surface area contributed by atoms with Crippen molar-refractivity contribution in [2.24, 2.45) is 5.41 Å². The minimum Gasteiger partial charge on any atom is -0.398 e. The molecule has 1 amide bonds. The summed E-state index contributed by atoms with van der Waals surface area (Å²) in [7, 11) is 0. The number of carbonyl (C=O) groups is 1. The molecule has 1 saturated carbocycles. The first-order chi connectivity index (χ1) is 6.90. The number of nitrogen functional groups attached to an aromatic ring is 1. The fourth-order valence-electron chi connectivity index (χ4n) is 1.55. The summed E-state index contributed by atoms with van der Waals surface area (Å²) in [5, 5.41) is 3.02. The van der Waals surface area contributed by atoms with E-state index in [2.05, 4.69) is 19.2 Å². The first-order valence-corrected chi connectivity index (χ1v) is 5.88. The van der Waals surface area contributed by atoms with Crippen LogP contribution in [0.4, 0.5) is 5.69 Å². The quantitative estimate of drug-likeness (QED) is 0.809. The van der Waals surface area contributed by atoms with E-state index in [-0.39, 0.29) is 11.3 Å². The molecular formula is C11H16N2OS. The number of nitrogens with two attached hydrogens (primary N) is 1. The predicted molar refractivity (Wildman–Crippen MR) is 63.1 cm³/mol. The number of hydrogen-bond donors (Lipinski definition) is 2. The summed E-state index contributed by atoms with van der Waals surface area (Å²) in [4.78, 5) is 13.5.